The van der Waals surface area contributed by atoms with Gasteiger partial charge >= 0.3 is 5.97 Å². The van der Waals surface area contributed by atoms with Crippen LogP contribution in [0.2, 0.25) is 0 Å². The van der Waals surface area contributed by atoms with E-state index >= 15 is 0 Å². The Morgan fingerprint density at radius 3 is 2.32 bits per heavy atom. The third kappa shape index (κ3) is 3.54. The molecule has 3 aromatic rings. The van der Waals surface area contributed by atoms with Gasteiger partial charge in [-0.15, -0.1) is 11.3 Å². The fraction of sp³-hybridized carbons (Fsp3) is 0.143. The van der Waals surface area contributed by atoms with Gasteiger partial charge in [0, 0.05) is 16.9 Å². The number of carboxylic acids is 1. The predicted molar refractivity (Wildman–Crippen MR) is 101 cm³/mol. The molecule has 0 spiro atoms. The molecule has 0 saturated carbocycles. The Balaban J connectivity index is 2.03. The molecule has 0 fully saturated rings. The number of Topliss-reactive ketones (excluding diaryl/α,β-unsaturated/α-hetero) is 1. The van der Waals surface area contributed by atoms with Crippen molar-refractivity contribution in [3.63, 3.8) is 0 Å². The van der Waals surface area contributed by atoms with Gasteiger partial charge in [-0.25, -0.2) is 4.79 Å². The SMILES string of the molecule is Cc1cccc(C)c1C(=O)Cc1ccc(C(=O)O)cc1-c1cccs1. The topological polar surface area (TPSA) is 54.4 Å². The van der Waals surface area contributed by atoms with Crippen molar-refractivity contribution < 1.29 is 14.7 Å². The second kappa shape index (κ2) is 7.03. The van der Waals surface area contributed by atoms with E-state index in [1.165, 1.54) is 11.3 Å². The fourth-order valence-electron chi connectivity index (χ4n) is 3.04. The molecule has 0 saturated heterocycles. The third-order valence-corrected chi connectivity index (χ3v) is 5.16. The average Bonchev–Trinajstić information content (AvgIpc) is 3.09. The second-order valence-electron chi connectivity index (χ2n) is 6.02. The lowest BCUT2D eigenvalue weighted by molar-refractivity contribution is 0.0696. The van der Waals surface area contributed by atoms with Crippen LogP contribution in [0.4, 0.5) is 0 Å². The number of ketones is 1. The Labute approximate surface area is 150 Å². The molecule has 1 aromatic heterocycles. The van der Waals surface area contributed by atoms with E-state index in [1.54, 1.807) is 18.2 Å². The summed E-state index contributed by atoms with van der Waals surface area (Å²) in [6.07, 6.45) is 0.249. The minimum absolute atomic E-state index is 0.0523. The maximum absolute atomic E-state index is 12.9. The van der Waals surface area contributed by atoms with Gasteiger partial charge in [0.25, 0.3) is 0 Å². The predicted octanol–water partition coefficient (Wildman–Crippen LogP) is 5.16. The molecule has 0 aliphatic rings. The Hall–Kier alpha value is -2.72. The van der Waals surface area contributed by atoms with Crippen molar-refractivity contribution in [2.24, 2.45) is 0 Å². The summed E-state index contributed by atoms with van der Waals surface area (Å²) in [7, 11) is 0. The van der Waals surface area contributed by atoms with Crippen LogP contribution in [-0.4, -0.2) is 16.9 Å². The summed E-state index contributed by atoms with van der Waals surface area (Å²) in [6.45, 7) is 3.88. The van der Waals surface area contributed by atoms with Crippen molar-refractivity contribution in [1.29, 1.82) is 0 Å². The first-order chi connectivity index (χ1) is 12.0. The van der Waals surface area contributed by atoms with Gasteiger partial charge in [0.15, 0.2) is 5.78 Å². The van der Waals surface area contributed by atoms with Crippen LogP contribution in [0.3, 0.4) is 0 Å². The third-order valence-electron chi connectivity index (χ3n) is 4.25. The molecule has 1 N–H and O–H groups in total. The van der Waals surface area contributed by atoms with E-state index in [-0.39, 0.29) is 17.8 Å². The van der Waals surface area contributed by atoms with Crippen molar-refractivity contribution >= 4 is 23.1 Å². The summed E-state index contributed by atoms with van der Waals surface area (Å²) in [5.41, 5.74) is 4.57. The molecule has 25 heavy (non-hydrogen) atoms. The van der Waals surface area contributed by atoms with E-state index in [4.69, 9.17) is 0 Å². The standard InChI is InChI=1S/C21H18O3S/c1-13-5-3-6-14(2)20(13)18(22)12-15-8-9-16(21(23)24)11-17(15)19-7-4-10-25-19/h3-11H,12H2,1-2H3,(H,23,24). The molecule has 0 unspecified atom stereocenters. The van der Waals surface area contributed by atoms with Gasteiger partial charge in [0.1, 0.15) is 0 Å². The average molecular weight is 350 g/mol. The zero-order valence-electron chi connectivity index (χ0n) is 14.1. The Kier molecular flexibility index (Phi) is 4.81. The molecule has 0 atom stereocenters. The number of aromatic carboxylic acids is 1. The monoisotopic (exact) mass is 350 g/mol. The minimum Gasteiger partial charge on any atom is -0.478 e. The molecule has 0 bridgehead atoms. The lowest BCUT2D eigenvalue weighted by atomic mass is 9.92. The second-order valence-corrected chi connectivity index (χ2v) is 6.97. The number of hydrogen-bond acceptors (Lipinski definition) is 3. The number of carboxylic acid groups (broad SMARTS) is 1. The molecule has 3 rings (SSSR count). The first-order valence-corrected chi connectivity index (χ1v) is 8.85. The van der Waals surface area contributed by atoms with Crippen LogP contribution >= 0.6 is 11.3 Å². The number of rotatable bonds is 5. The van der Waals surface area contributed by atoms with Crippen molar-refractivity contribution in [2.75, 3.05) is 0 Å². The molecule has 0 aliphatic carbocycles. The van der Waals surface area contributed by atoms with Gasteiger partial charge in [-0.05, 0) is 59.7 Å². The van der Waals surface area contributed by atoms with Gasteiger partial charge in [-0.1, -0.05) is 30.3 Å². The number of carbonyl (C=O) groups is 2. The van der Waals surface area contributed by atoms with Crippen LogP contribution in [0.1, 0.15) is 37.4 Å². The summed E-state index contributed by atoms with van der Waals surface area (Å²) in [6, 6.07) is 14.7. The Bertz CT molecular complexity index is 920. The highest BCUT2D eigenvalue weighted by molar-refractivity contribution is 7.13. The van der Waals surface area contributed by atoms with Crippen LogP contribution in [0.15, 0.2) is 53.9 Å². The molecule has 1 heterocycles. The van der Waals surface area contributed by atoms with Gasteiger partial charge < -0.3 is 5.11 Å². The summed E-state index contributed by atoms with van der Waals surface area (Å²) in [5.74, 6) is -0.915. The molecule has 3 nitrogen and oxygen atoms in total. The van der Waals surface area contributed by atoms with Crippen LogP contribution in [-0.2, 0) is 6.42 Å². The summed E-state index contributed by atoms with van der Waals surface area (Å²) in [5, 5.41) is 11.2. The van der Waals surface area contributed by atoms with Crippen LogP contribution in [0.25, 0.3) is 10.4 Å². The number of benzene rings is 2. The van der Waals surface area contributed by atoms with Gasteiger partial charge in [-0.3, -0.25) is 4.79 Å². The molecule has 2 aromatic carbocycles. The van der Waals surface area contributed by atoms with E-state index in [0.717, 1.165) is 32.7 Å². The molecule has 0 radical (unpaired) electrons. The van der Waals surface area contributed by atoms with Crippen molar-refractivity contribution in [2.45, 2.75) is 20.3 Å². The number of aryl methyl sites for hydroxylation is 2. The lowest BCUT2D eigenvalue weighted by Crippen LogP contribution is -2.09. The lowest BCUT2D eigenvalue weighted by Gasteiger charge is -2.12. The highest BCUT2D eigenvalue weighted by Gasteiger charge is 2.17. The highest BCUT2D eigenvalue weighted by Crippen LogP contribution is 2.30. The van der Waals surface area contributed by atoms with E-state index in [0.29, 0.717) is 0 Å². The molecular formula is C21H18O3S. The van der Waals surface area contributed by atoms with E-state index in [2.05, 4.69) is 0 Å². The van der Waals surface area contributed by atoms with Crippen molar-refractivity contribution in [1.82, 2.24) is 0 Å². The van der Waals surface area contributed by atoms with Gasteiger partial charge in [0.05, 0.1) is 5.56 Å². The minimum atomic E-state index is -0.967. The largest absolute Gasteiger partial charge is 0.478 e. The van der Waals surface area contributed by atoms with Crippen LogP contribution in [0, 0.1) is 13.8 Å². The van der Waals surface area contributed by atoms with Gasteiger partial charge in [-0.2, -0.15) is 0 Å². The first kappa shape index (κ1) is 17.1. The van der Waals surface area contributed by atoms with E-state index in [9.17, 15) is 14.7 Å². The number of hydrogen-bond donors (Lipinski definition) is 1. The van der Waals surface area contributed by atoms with Gasteiger partial charge in [0.2, 0.25) is 0 Å². The van der Waals surface area contributed by atoms with E-state index in [1.807, 2.05) is 49.6 Å². The van der Waals surface area contributed by atoms with E-state index < -0.39 is 5.97 Å². The Morgan fingerprint density at radius 1 is 1.00 bits per heavy atom. The summed E-state index contributed by atoms with van der Waals surface area (Å²) >= 11 is 1.54. The number of carbonyl (C=O) groups excluding carboxylic acids is 1. The molecule has 126 valence electrons. The van der Waals surface area contributed by atoms with Crippen LogP contribution in [0.5, 0.6) is 0 Å². The zero-order valence-corrected chi connectivity index (χ0v) is 14.9. The molecule has 0 amide bonds. The number of thiophene rings is 1. The zero-order chi connectivity index (χ0) is 18.0. The quantitative estimate of drug-likeness (QED) is 0.647. The molecular weight excluding hydrogens is 332 g/mol. The summed E-state index contributed by atoms with van der Waals surface area (Å²) < 4.78 is 0. The maximum Gasteiger partial charge on any atom is 0.335 e. The normalized spacial score (nSPS) is 10.6. The Morgan fingerprint density at radius 2 is 1.72 bits per heavy atom. The maximum atomic E-state index is 12.9. The first-order valence-electron chi connectivity index (χ1n) is 7.97. The highest BCUT2D eigenvalue weighted by atomic mass is 32.1. The van der Waals surface area contributed by atoms with Crippen molar-refractivity contribution in [3.05, 3.63) is 81.7 Å². The summed E-state index contributed by atoms with van der Waals surface area (Å²) in [4.78, 5) is 25.2. The van der Waals surface area contributed by atoms with Crippen LogP contribution < -0.4 is 0 Å². The molecule has 0 aliphatic heterocycles. The van der Waals surface area contributed by atoms with Crippen molar-refractivity contribution in [3.8, 4) is 10.4 Å². The molecule has 4 heteroatoms. The smallest absolute Gasteiger partial charge is 0.335 e. The fourth-order valence-corrected chi connectivity index (χ4v) is 3.82.